The maximum atomic E-state index is 5.63. The van der Waals surface area contributed by atoms with E-state index in [0.717, 1.165) is 22.4 Å². The molecule has 1 heterocycles. The predicted octanol–water partition coefficient (Wildman–Crippen LogP) is 4.90. The van der Waals surface area contributed by atoms with Crippen LogP contribution in [0.3, 0.4) is 0 Å². The van der Waals surface area contributed by atoms with E-state index in [1.807, 2.05) is 6.07 Å². The van der Waals surface area contributed by atoms with Crippen LogP contribution < -0.4 is 9.47 Å². The average Bonchev–Trinajstić information content (AvgIpc) is 2.49. The molecular weight excluding hydrogens is 384 g/mol. The van der Waals surface area contributed by atoms with E-state index in [4.69, 9.17) is 9.47 Å². The molecule has 1 unspecified atom stereocenters. The van der Waals surface area contributed by atoms with Gasteiger partial charge in [0.05, 0.1) is 0 Å². The van der Waals surface area contributed by atoms with Gasteiger partial charge < -0.3 is 9.47 Å². The quantitative estimate of drug-likeness (QED) is 0.685. The van der Waals surface area contributed by atoms with Crippen molar-refractivity contribution in [3.63, 3.8) is 0 Å². The lowest BCUT2D eigenvalue weighted by molar-refractivity contribution is 0.171. The van der Waals surface area contributed by atoms with E-state index in [0.29, 0.717) is 13.2 Å². The molecule has 4 heteroatoms. The van der Waals surface area contributed by atoms with Gasteiger partial charge in [0.15, 0.2) is 11.5 Å². The number of fused-ring (bicyclic) bond motifs is 1. The fourth-order valence-electron chi connectivity index (χ4n) is 2.20. The minimum atomic E-state index is 0.263. The summed E-state index contributed by atoms with van der Waals surface area (Å²) in [5.41, 5.74) is 2.50. The van der Waals surface area contributed by atoms with Crippen LogP contribution in [0.15, 0.2) is 46.9 Å². The second-order valence-corrected chi connectivity index (χ2v) is 6.72. The zero-order valence-electron chi connectivity index (χ0n) is 10.8. The van der Waals surface area contributed by atoms with Crippen LogP contribution in [0, 0.1) is 0 Å². The summed E-state index contributed by atoms with van der Waals surface area (Å²) in [6.45, 7) is 1.25. The number of hydrogen-bond acceptors (Lipinski definition) is 2. The molecule has 0 radical (unpaired) electrons. The van der Waals surface area contributed by atoms with Crippen molar-refractivity contribution >= 4 is 31.9 Å². The number of ether oxygens (including phenoxy) is 2. The Morgan fingerprint density at radius 1 is 0.950 bits per heavy atom. The van der Waals surface area contributed by atoms with E-state index >= 15 is 0 Å². The molecule has 1 aliphatic heterocycles. The van der Waals surface area contributed by atoms with E-state index in [2.05, 4.69) is 68.3 Å². The maximum absolute atomic E-state index is 5.63. The smallest absolute Gasteiger partial charge is 0.161 e. The number of halogens is 2. The molecule has 3 rings (SSSR count). The third kappa shape index (κ3) is 3.18. The summed E-state index contributed by atoms with van der Waals surface area (Å²) in [4.78, 5) is 0.263. The highest BCUT2D eigenvalue weighted by Crippen LogP contribution is 2.36. The van der Waals surface area contributed by atoms with Gasteiger partial charge in [0.2, 0.25) is 0 Å². The Hall–Kier alpha value is -1.00. The van der Waals surface area contributed by atoms with Gasteiger partial charge in [-0.1, -0.05) is 50.1 Å². The first-order valence-electron chi connectivity index (χ1n) is 6.50. The van der Waals surface area contributed by atoms with Crippen LogP contribution in [0.5, 0.6) is 11.5 Å². The van der Waals surface area contributed by atoms with Gasteiger partial charge in [-0.15, -0.1) is 0 Å². The zero-order chi connectivity index (χ0) is 13.9. The fraction of sp³-hybridized carbons (Fsp3) is 0.250. The molecule has 104 valence electrons. The van der Waals surface area contributed by atoms with Crippen LogP contribution >= 0.6 is 31.9 Å². The van der Waals surface area contributed by atoms with Crippen LogP contribution in [0.2, 0.25) is 0 Å². The highest BCUT2D eigenvalue weighted by Gasteiger charge is 2.15. The fourth-order valence-corrected chi connectivity index (χ4v) is 3.12. The van der Waals surface area contributed by atoms with Crippen LogP contribution in [0.25, 0.3) is 0 Å². The van der Waals surface area contributed by atoms with Gasteiger partial charge in [-0.05, 0) is 41.8 Å². The Morgan fingerprint density at radius 3 is 2.40 bits per heavy atom. The second kappa shape index (κ2) is 6.19. The lowest BCUT2D eigenvalue weighted by Crippen LogP contribution is -2.15. The molecule has 0 bridgehead atoms. The van der Waals surface area contributed by atoms with Crippen molar-refractivity contribution in [3.05, 3.63) is 58.1 Å². The Balaban J connectivity index is 1.76. The number of benzene rings is 2. The number of alkyl halides is 1. The third-order valence-electron chi connectivity index (χ3n) is 3.26. The SMILES string of the molecule is Brc1ccc(CC(Br)c2ccc3c(c2)OCCO3)cc1. The Kier molecular flexibility index (Phi) is 4.32. The van der Waals surface area contributed by atoms with Crippen molar-refractivity contribution in [2.45, 2.75) is 11.2 Å². The van der Waals surface area contributed by atoms with Gasteiger partial charge in [-0.25, -0.2) is 0 Å². The first-order valence-corrected chi connectivity index (χ1v) is 8.21. The van der Waals surface area contributed by atoms with Gasteiger partial charge >= 0.3 is 0 Å². The molecule has 0 fully saturated rings. The van der Waals surface area contributed by atoms with Gasteiger partial charge in [0.25, 0.3) is 0 Å². The minimum absolute atomic E-state index is 0.263. The molecule has 0 aromatic heterocycles. The van der Waals surface area contributed by atoms with E-state index in [9.17, 15) is 0 Å². The number of hydrogen-bond donors (Lipinski definition) is 0. The van der Waals surface area contributed by atoms with Crippen molar-refractivity contribution < 1.29 is 9.47 Å². The van der Waals surface area contributed by atoms with Crippen molar-refractivity contribution in [3.8, 4) is 11.5 Å². The highest BCUT2D eigenvalue weighted by molar-refractivity contribution is 9.10. The van der Waals surface area contributed by atoms with Crippen molar-refractivity contribution in [2.75, 3.05) is 13.2 Å². The van der Waals surface area contributed by atoms with Crippen molar-refractivity contribution in [1.82, 2.24) is 0 Å². The summed E-state index contributed by atoms with van der Waals surface area (Å²) in [5, 5.41) is 0. The van der Waals surface area contributed by atoms with Crippen LogP contribution in [0.1, 0.15) is 16.0 Å². The summed E-state index contributed by atoms with van der Waals surface area (Å²) in [6.07, 6.45) is 0.937. The molecule has 0 spiro atoms. The van der Waals surface area contributed by atoms with E-state index in [-0.39, 0.29) is 4.83 Å². The van der Waals surface area contributed by atoms with Crippen LogP contribution in [0.4, 0.5) is 0 Å². The lowest BCUT2D eigenvalue weighted by Gasteiger charge is -2.20. The molecule has 2 nitrogen and oxygen atoms in total. The van der Waals surface area contributed by atoms with Crippen LogP contribution in [-0.4, -0.2) is 13.2 Å². The first kappa shape index (κ1) is 14.0. The Labute approximate surface area is 135 Å². The molecule has 0 aliphatic carbocycles. The molecule has 0 N–H and O–H groups in total. The van der Waals surface area contributed by atoms with Crippen LogP contribution in [-0.2, 0) is 6.42 Å². The topological polar surface area (TPSA) is 18.5 Å². The summed E-state index contributed by atoms with van der Waals surface area (Å²) in [7, 11) is 0. The van der Waals surface area contributed by atoms with E-state index in [1.165, 1.54) is 11.1 Å². The Bertz CT molecular complexity index is 596. The van der Waals surface area contributed by atoms with E-state index < -0.39 is 0 Å². The van der Waals surface area contributed by atoms with E-state index in [1.54, 1.807) is 0 Å². The summed E-state index contributed by atoms with van der Waals surface area (Å²) in [5.74, 6) is 1.68. The molecule has 2 aromatic rings. The predicted molar refractivity (Wildman–Crippen MR) is 86.9 cm³/mol. The third-order valence-corrected chi connectivity index (χ3v) is 4.64. The molecule has 2 aromatic carbocycles. The molecule has 0 amide bonds. The monoisotopic (exact) mass is 396 g/mol. The largest absolute Gasteiger partial charge is 0.486 e. The van der Waals surface area contributed by atoms with Crippen molar-refractivity contribution in [1.29, 1.82) is 0 Å². The Morgan fingerprint density at radius 2 is 1.65 bits per heavy atom. The normalized spacial score (nSPS) is 14.9. The van der Waals surface area contributed by atoms with Gasteiger partial charge in [0, 0.05) is 9.30 Å². The minimum Gasteiger partial charge on any atom is -0.486 e. The molecular formula is C16H14Br2O2. The molecule has 1 aliphatic rings. The first-order chi connectivity index (χ1) is 9.72. The zero-order valence-corrected chi connectivity index (χ0v) is 14.0. The summed E-state index contributed by atoms with van der Waals surface area (Å²) < 4.78 is 12.3. The van der Waals surface area contributed by atoms with Gasteiger partial charge in [0.1, 0.15) is 13.2 Å². The van der Waals surface area contributed by atoms with Crippen molar-refractivity contribution in [2.24, 2.45) is 0 Å². The standard InChI is InChI=1S/C16H14Br2O2/c17-13-4-1-11(2-5-13)9-14(18)12-3-6-15-16(10-12)20-8-7-19-15/h1-6,10,14H,7-9H2. The molecule has 0 saturated carbocycles. The summed E-state index contributed by atoms with van der Waals surface area (Å²) >= 11 is 7.22. The van der Waals surface area contributed by atoms with Gasteiger partial charge in [-0.3, -0.25) is 0 Å². The molecule has 20 heavy (non-hydrogen) atoms. The highest BCUT2D eigenvalue weighted by atomic mass is 79.9. The lowest BCUT2D eigenvalue weighted by atomic mass is 10.0. The molecule has 1 atom stereocenters. The molecule has 0 saturated heterocycles. The second-order valence-electron chi connectivity index (χ2n) is 4.70. The average molecular weight is 398 g/mol. The maximum Gasteiger partial charge on any atom is 0.161 e. The van der Waals surface area contributed by atoms with Gasteiger partial charge in [-0.2, -0.15) is 0 Å². The summed E-state index contributed by atoms with van der Waals surface area (Å²) in [6, 6.07) is 14.5. The number of rotatable bonds is 3.